The van der Waals surface area contributed by atoms with Crippen LogP contribution in [0.4, 0.5) is 11.4 Å². The number of hydrogen-bond acceptors (Lipinski definition) is 6. The Morgan fingerprint density at radius 2 is 1.08 bits per heavy atom. The van der Waals surface area contributed by atoms with E-state index in [2.05, 4.69) is 48.7 Å². The highest BCUT2D eigenvalue weighted by Gasteiger charge is 2.43. The predicted octanol–water partition coefficient (Wildman–Crippen LogP) is 8.24. The Balaban J connectivity index is 1.14. The zero-order valence-corrected chi connectivity index (χ0v) is 30.8. The van der Waals surface area contributed by atoms with E-state index < -0.39 is 24.2 Å². The van der Waals surface area contributed by atoms with Crippen LogP contribution in [0.5, 0.6) is 0 Å². The minimum atomic E-state index is -0.465. The molecule has 8 nitrogen and oxygen atoms in total. The van der Waals surface area contributed by atoms with Crippen molar-refractivity contribution in [2.45, 2.75) is 94.8 Å². The van der Waals surface area contributed by atoms with Crippen LogP contribution in [-0.2, 0) is 24.6 Å². The second kappa shape index (κ2) is 16.0. The van der Waals surface area contributed by atoms with Gasteiger partial charge >= 0.3 is 0 Å². The molecule has 3 aliphatic rings. The van der Waals surface area contributed by atoms with Crippen molar-refractivity contribution in [3.63, 3.8) is 0 Å². The molecule has 4 atom stereocenters. The average molecular weight is 711 g/mol. The van der Waals surface area contributed by atoms with Gasteiger partial charge in [-0.15, -0.1) is 0 Å². The first-order chi connectivity index (χ1) is 25.9. The van der Waals surface area contributed by atoms with E-state index in [0.717, 1.165) is 84.7 Å². The third-order valence-corrected chi connectivity index (χ3v) is 11.7. The number of aldehydes is 2. The summed E-state index contributed by atoms with van der Waals surface area (Å²) in [5.41, 5.74) is 7.75. The van der Waals surface area contributed by atoms with Crippen molar-refractivity contribution in [3.8, 4) is 11.1 Å². The predicted molar refractivity (Wildman–Crippen MR) is 210 cm³/mol. The van der Waals surface area contributed by atoms with Crippen molar-refractivity contribution in [1.82, 2.24) is 9.80 Å². The summed E-state index contributed by atoms with van der Waals surface area (Å²) >= 11 is 0. The smallest absolute Gasteiger partial charge is 0.241 e. The summed E-state index contributed by atoms with van der Waals surface area (Å²) in [6, 6.07) is 30.2. The molecule has 2 heterocycles. The van der Waals surface area contributed by atoms with E-state index in [1.165, 1.54) is 11.1 Å². The van der Waals surface area contributed by atoms with E-state index in [4.69, 9.17) is 0 Å². The maximum atomic E-state index is 13.9. The number of nitrogens with one attached hydrogen (secondary N) is 2. The summed E-state index contributed by atoms with van der Waals surface area (Å²) < 4.78 is 0. The molecule has 2 aliphatic heterocycles. The van der Waals surface area contributed by atoms with Crippen LogP contribution in [0.3, 0.4) is 0 Å². The first-order valence-electron chi connectivity index (χ1n) is 19.4. The number of fused-ring (bicyclic) bond motifs is 3. The molecule has 53 heavy (non-hydrogen) atoms. The first-order valence-corrected chi connectivity index (χ1v) is 19.4. The van der Waals surface area contributed by atoms with Gasteiger partial charge in [-0.2, -0.15) is 0 Å². The van der Waals surface area contributed by atoms with Crippen molar-refractivity contribution in [2.24, 2.45) is 0 Å². The van der Waals surface area contributed by atoms with Gasteiger partial charge in [-0.1, -0.05) is 99.5 Å². The maximum absolute atomic E-state index is 13.9. The Morgan fingerprint density at radius 3 is 1.45 bits per heavy atom. The summed E-state index contributed by atoms with van der Waals surface area (Å²) in [6.45, 7) is 5.80. The highest BCUT2D eigenvalue weighted by molar-refractivity contribution is 5.98. The van der Waals surface area contributed by atoms with Crippen molar-refractivity contribution in [1.29, 1.82) is 0 Å². The Bertz CT molecular complexity index is 1810. The Hall–Kier alpha value is -4.92. The fraction of sp³-hybridized carbons (Fsp3) is 0.378. The number of nitrogens with zero attached hydrogens (tertiary/aromatic N) is 2. The number of likely N-dealkylation sites (tertiary alicyclic amines) is 2. The van der Waals surface area contributed by atoms with Gasteiger partial charge in [-0.05, 0) is 96.2 Å². The minimum absolute atomic E-state index is 0.0904. The van der Waals surface area contributed by atoms with Crippen LogP contribution in [0.25, 0.3) is 11.1 Å². The van der Waals surface area contributed by atoms with Crippen molar-refractivity contribution in [2.75, 3.05) is 23.7 Å². The molecule has 8 heteroatoms. The van der Waals surface area contributed by atoms with Crippen LogP contribution < -0.4 is 10.6 Å². The van der Waals surface area contributed by atoms with Crippen LogP contribution in [-0.4, -0.2) is 59.4 Å². The number of carbonyl (C=O) groups is 4. The highest BCUT2D eigenvalue weighted by Crippen LogP contribution is 2.55. The molecule has 274 valence electrons. The molecule has 0 saturated carbocycles. The Morgan fingerprint density at radius 1 is 0.660 bits per heavy atom. The number of anilines is 2. The van der Waals surface area contributed by atoms with E-state index in [-0.39, 0.29) is 17.2 Å². The molecular formula is C45H50N4O4. The monoisotopic (exact) mass is 710 g/mol. The number of rotatable bonds is 14. The van der Waals surface area contributed by atoms with E-state index in [9.17, 15) is 19.2 Å². The Labute approximate surface area is 313 Å². The molecule has 0 radical (unpaired) electrons. The average Bonchev–Trinajstić information content (AvgIpc) is 3.92. The molecule has 1 aliphatic carbocycles. The highest BCUT2D eigenvalue weighted by atomic mass is 16.2. The van der Waals surface area contributed by atoms with Gasteiger partial charge in [0.25, 0.3) is 0 Å². The lowest BCUT2D eigenvalue weighted by molar-refractivity contribution is -0.124. The van der Waals surface area contributed by atoms with Crippen LogP contribution in [0.1, 0.15) is 99.6 Å². The second-order valence-corrected chi connectivity index (χ2v) is 14.9. The van der Waals surface area contributed by atoms with Gasteiger partial charge in [0.05, 0.1) is 24.2 Å². The van der Waals surface area contributed by atoms with Crippen LogP contribution in [0.2, 0.25) is 0 Å². The summed E-state index contributed by atoms with van der Waals surface area (Å²) in [6.07, 6.45) is 8.81. The van der Waals surface area contributed by atoms with E-state index in [0.29, 0.717) is 25.9 Å². The minimum Gasteiger partial charge on any atom is -0.325 e. The van der Waals surface area contributed by atoms with Gasteiger partial charge in [-0.3, -0.25) is 19.4 Å². The zero-order chi connectivity index (χ0) is 37.0. The fourth-order valence-electron chi connectivity index (χ4n) is 9.42. The fourth-order valence-corrected chi connectivity index (χ4v) is 9.42. The lowest BCUT2D eigenvalue weighted by Gasteiger charge is -2.33. The standard InChI is InChI=1S/C45H50N4O4/c1-3-23-45(24-4-2)37-27-33(46-43(52)39-17-11-25-48(39)41(29-50)31-13-7-5-8-14-31)19-21-35(37)36-22-20-34(28-38(36)45)47-44(53)40-18-12-26-49(40)42(30-51)32-15-9-6-10-16-32/h5-10,13-16,19-22,27-30,39-42H,3-4,11-12,17-18,23-26H2,1-2H3,(H,46,52)(H,47,53)/t39-,40-,41-,42-/m0/s1. The molecule has 0 aromatic heterocycles. The van der Waals surface area contributed by atoms with E-state index >= 15 is 0 Å². The maximum Gasteiger partial charge on any atom is 0.241 e. The molecule has 2 fully saturated rings. The topological polar surface area (TPSA) is 98.8 Å². The van der Waals surface area contributed by atoms with Gasteiger partial charge in [-0.25, -0.2) is 0 Å². The van der Waals surface area contributed by atoms with Gasteiger partial charge < -0.3 is 20.2 Å². The summed E-state index contributed by atoms with van der Waals surface area (Å²) in [4.78, 5) is 56.4. The van der Waals surface area contributed by atoms with E-state index in [1.807, 2.05) is 82.6 Å². The largest absolute Gasteiger partial charge is 0.325 e. The lowest BCUT2D eigenvalue weighted by atomic mass is 9.71. The number of hydrogen-bond donors (Lipinski definition) is 2. The Kier molecular flexibility index (Phi) is 11.0. The van der Waals surface area contributed by atoms with Gasteiger partial charge in [0.2, 0.25) is 11.8 Å². The summed E-state index contributed by atoms with van der Waals surface area (Å²) in [5, 5.41) is 6.48. The molecular weight excluding hydrogens is 661 g/mol. The first kappa shape index (κ1) is 36.4. The van der Waals surface area contributed by atoms with E-state index in [1.54, 1.807) is 0 Å². The molecule has 7 rings (SSSR count). The number of benzene rings is 4. The summed E-state index contributed by atoms with van der Waals surface area (Å²) in [7, 11) is 0. The van der Waals surface area contributed by atoms with Gasteiger partial charge in [0.15, 0.2) is 0 Å². The molecule has 2 amide bonds. The number of amides is 2. The van der Waals surface area contributed by atoms with Crippen LogP contribution in [0, 0.1) is 0 Å². The third kappa shape index (κ3) is 6.98. The zero-order valence-electron chi connectivity index (χ0n) is 30.8. The summed E-state index contributed by atoms with van der Waals surface area (Å²) in [5.74, 6) is -0.181. The quantitative estimate of drug-likeness (QED) is 0.128. The third-order valence-electron chi connectivity index (χ3n) is 11.7. The molecule has 2 N–H and O–H groups in total. The van der Waals surface area contributed by atoms with Gasteiger partial charge in [0.1, 0.15) is 12.6 Å². The molecule has 4 aromatic rings. The van der Waals surface area contributed by atoms with Crippen molar-refractivity contribution in [3.05, 3.63) is 119 Å². The number of carbonyl (C=O) groups excluding carboxylic acids is 4. The molecule has 0 spiro atoms. The molecule has 0 bridgehead atoms. The van der Waals surface area contributed by atoms with Crippen molar-refractivity contribution < 1.29 is 19.2 Å². The van der Waals surface area contributed by atoms with Gasteiger partial charge in [0, 0.05) is 29.9 Å². The molecule has 0 unspecified atom stereocenters. The molecule has 4 aromatic carbocycles. The normalized spacial score (nSPS) is 20.3. The van der Waals surface area contributed by atoms with Crippen LogP contribution in [0.15, 0.2) is 97.1 Å². The SMILES string of the molecule is CCCC1(CCC)c2cc(NC(=O)[C@@H]3CCCN3[C@@H](C=O)c3ccccc3)ccc2-c2ccc(NC(=O)[C@@H]3CCCN3[C@@H](C=O)c3ccccc3)cc21. The second-order valence-electron chi connectivity index (χ2n) is 14.9. The lowest BCUT2D eigenvalue weighted by Crippen LogP contribution is -2.42. The molecule has 2 saturated heterocycles. The van der Waals surface area contributed by atoms with Crippen molar-refractivity contribution >= 4 is 35.8 Å². The van der Waals surface area contributed by atoms with Crippen LogP contribution >= 0.6 is 0 Å².